The van der Waals surface area contributed by atoms with Crippen LogP contribution in [0.3, 0.4) is 0 Å². The molecule has 2 atom stereocenters. The van der Waals surface area contributed by atoms with Gasteiger partial charge in [-0.1, -0.05) is 0 Å². The van der Waals surface area contributed by atoms with E-state index in [9.17, 15) is 8.42 Å². The van der Waals surface area contributed by atoms with Crippen LogP contribution in [0, 0.1) is 18.8 Å². The smallest absolute Gasteiger partial charge is 0.242 e. The molecule has 0 saturated carbocycles. The van der Waals surface area contributed by atoms with Crippen molar-refractivity contribution in [1.82, 2.24) is 19.6 Å². The van der Waals surface area contributed by atoms with Crippen molar-refractivity contribution in [3.8, 4) is 11.8 Å². The molecule has 9 heteroatoms. The van der Waals surface area contributed by atoms with Gasteiger partial charge in [0.25, 0.3) is 0 Å². The molecule has 1 N–H and O–H groups in total. The average Bonchev–Trinajstić information content (AvgIpc) is 3.36. The molecule has 1 aliphatic heterocycles. The lowest BCUT2D eigenvalue weighted by Crippen LogP contribution is -2.34. The summed E-state index contributed by atoms with van der Waals surface area (Å²) in [5.41, 5.74) is 0.954. The number of hydrogen-bond acceptors (Lipinski definition) is 7. The summed E-state index contributed by atoms with van der Waals surface area (Å²) in [6.07, 6.45) is 4.38. The van der Waals surface area contributed by atoms with Gasteiger partial charge in [0.1, 0.15) is 16.5 Å². The molecule has 2 aromatic rings. The van der Waals surface area contributed by atoms with Crippen molar-refractivity contribution in [2.45, 2.75) is 57.1 Å². The van der Waals surface area contributed by atoms with E-state index < -0.39 is 10.0 Å². The Morgan fingerprint density at radius 2 is 2.20 bits per heavy atom. The third-order valence-corrected chi connectivity index (χ3v) is 6.90. The lowest BCUT2D eigenvalue weighted by molar-refractivity contribution is 0.247. The minimum atomic E-state index is -3.61. The normalized spacial score (nSPS) is 17.8. The molecule has 0 amide bonds. The molecule has 3 rings (SSSR count). The predicted molar refractivity (Wildman–Crippen MR) is 115 cm³/mol. The van der Waals surface area contributed by atoms with Crippen LogP contribution in [0.15, 0.2) is 34.0 Å². The monoisotopic (exact) mass is 431 g/mol. The molecule has 162 valence electrons. The third kappa shape index (κ3) is 5.39. The summed E-state index contributed by atoms with van der Waals surface area (Å²) in [5.74, 6) is 7.29. The third-order valence-electron chi connectivity index (χ3n) is 5.33. The van der Waals surface area contributed by atoms with Crippen LogP contribution in [0.1, 0.15) is 38.1 Å². The van der Waals surface area contributed by atoms with Crippen LogP contribution in [-0.2, 0) is 16.6 Å². The number of rotatable bonds is 8. The van der Waals surface area contributed by atoms with Gasteiger partial charge in [-0.15, -0.1) is 11.8 Å². The van der Waals surface area contributed by atoms with Gasteiger partial charge in [-0.25, -0.2) is 23.1 Å². The lowest BCUT2D eigenvalue weighted by atomic mass is 10.2. The standard InChI is InChI=1S/C21H29N5O3S/c1-5-6-7-16(2)24-30(27,28)19-8-9-21(22-12-19)26-11-10-18(13-26)25(4)14-20-17(3)29-15-23-20/h8-9,12,15-16,18,24H,7,10-11,13-14H2,1-4H3. The van der Waals surface area contributed by atoms with Gasteiger partial charge in [0.05, 0.1) is 5.69 Å². The first-order valence-electron chi connectivity index (χ1n) is 10.0. The van der Waals surface area contributed by atoms with Crippen LogP contribution in [0.2, 0.25) is 0 Å². The molecule has 8 nitrogen and oxygen atoms in total. The highest BCUT2D eigenvalue weighted by molar-refractivity contribution is 7.89. The van der Waals surface area contributed by atoms with Crippen LogP contribution < -0.4 is 9.62 Å². The minimum absolute atomic E-state index is 0.164. The van der Waals surface area contributed by atoms with Crippen molar-refractivity contribution in [2.24, 2.45) is 0 Å². The lowest BCUT2D eigenvalue weighted by Gasteiger charge is -2.24. The average molecular weight is 432 g/mol. The summed E-state index contributed by atoms with van der Waals surface area (Å²) >= 11 is 0. The zero-order valence-corrected chi connectivity index (χ0v) is 18.7. The van der Waals surface area contributed by atoms with Gasteiger partial charge in [-0.2, -0.15) is 0 Å². The Kier molecular flexibility index (Phi) is 7.13. The first-order valence-corrected chi connectivity index (χ1v) is 11.5. The maximum absolute atomic E-state index is 12.5. The number of nitrogens with one attached hydrogen (secondary N) is 1. The molecule has 1 fully saturated rings. The van der Waals surface area contributed by atoms with Gasteiger partial charge in [-0.3, -0.25) is 4.90 Å². The Labute approximate surface area is 178 Å². The summed E-state index contributed by atoms with van der Waals surface area (Å²) < 4.78 is 33.0. The first kappa shape index (κ1) is 22.3. The molecule has 0 radical (unpaired) electrons. The van der Waals surface area contributed by atoms with E-state index in [-0.39, 0.29) is 10.9 Å². The highest BCUT2D eigenvalue weighted by atomic mass is 32.2. The number of likely N-dealkylation sites (N-methyl/N-ethyl adjacent to an activating group) is 1. The van der Waals surface area contributed by atoms with E-state index in [0.29, 0.717) is 12.5 Å². The minimum Gasteiger partial charge on any atom is -0.448 e. The van der Waals surface area contributed by atoms with Gasteiger partial charge in [0.2, 0.25) is 10.0 Å². The number of oxazole rings is 1. The van der Waals surface area contributed by atoms with Gasteiger partial charge in [-0.05, 0) is 46.4 Å². The molecule has 30 heavy (non-hydrogen) atoms. The van der Waals surface area contributed by atoms with Crippen LogP contribution in [0.25, 0.3) is 0 Å². The molecule has 0 spiro atoms. The van der Waals surface area contributed by atoms with E-state index in [1.165, 1.54) is 12.6 Å². The SMILES string of the molecule is CC#CCC(C)NS(=O)(=O)c1ccc(N2CCC(N(C)Cc3ncoc3C)C2)nc1. The highest BCUT2D eigenvalue weighted by Gasteiger charge is 2.27. The van der Waals surface area contributed by atoms with Crippen LogP contribution in [0.5, 0.6) is 0 Å². The fourth-order valence-corrected chi connectivity index (χ4v) is 4.69. The van der Waals surface area contributed by atoms with Crippen molar-refractivity contribution < 1.29 is 12.8 Å². The van der Waals surface area contributed by atoms with Crippen molar-refractivity contribution in [1.29, 1.82) is 0 Å². The summed E-state index contributed by atoms with van der Waals surface area (Å²) in [4.78, 5) is 13.3. The molecule has 0 aromatic carbocycles. The molecule has 3 heterocycles. The van der Waals surface area contributed by atoms with Crippen molar-refractivity contribution in [3.05, 3.63) is 36.2 Å². The number of nitrogens with zero attached hydrogens (tertiary/aromatic N) is 4. The topological polar surface area (TPSA) is 91.6 Å². The maximum atomic E-state index is 12.5. The Balaban J connectivity index is 1.60. The summed E-state index contributed by atoms with van der Waals surface area (Å²) in [6.45, 7) is 7.89. The summed E-state index contributed by atoms with van der Waals surface area (Å²) in [7, 11) is -1.53. The Morgan fingerprint density at radius 3 is 2.83 bits per heavy atom. The zero-order valence-electron chi connectivity index (χ0n) is 17.9. The molecule has 1 saturated heterocycles. The van der Waals surface area contributed by atoms with Crippen molar-refractivity contribution >= 4 is 15.8 Å². The molecular weight excluding hydrogens is 402 g/mol. The van der Waals surface area contributed by atoms with Crippen LogP contribution in [-0.4, -0.2) is 55.5 Å². The molecular formula is C21H29N5O3S. The molecule has 2 aromatic heterocycles. The molecule has 0 bridgehead atoms. The Bertz CT molecular complexity index is 1010. The fourth-order valence-electron chi connectivity index (χ4n) is 3.50. The van der Waals surface area contributed by atoms with E-state index in [4.69, 9.17) is 4.42 Å². The largest absolute Gasteiger partial charge is 0.448 e. The van der Waals surface area contributed by atoms with Crippen molar-refractivity contribution in [2.75, 3.05) is 25.0 Å². The van der Waals surface area contributed by atoms with Crippen LogP contribution >= 0.6 is 0 Å². The van der Waals surface area contributed by atoms with Crippen molar-refractivity contribution in [3.63, 3.8) is 0 Å². The Hall–Kier alpha value is -2.41. The van der Waals surface area contributed by atoms with E-state index in [1.54, 1.807) is 26.0 Å². The molecule has 1 aliphatic rings. The van der Waals surface area contributed by atoms with Gasteiger partial charge in [0.15, 0.2) is 6.39 Å². The molecule has 2 unspecified atom stereocenters. The number of hydrogen-bond donors (Lipinski definition) is 1. The number of aryl methyl sites for hydroxylation is 1. The van der Waals surface area contributed by atoms with Gasteiger partial charge in [0, 0.05) is 44.3 Å². The second-order valence-electron chi connectivity index (χ2n) is 7.66. The van der Waals surface area contributed by atoms with Gasteiger partial charge >= 0.3 is 0 Å². The van der Waals surface area contributed by atoms with E-state index in [2.05, 4.69) is 43.4 Å². The predicted octanol–water partition coefficient (Wildman–Crippen LogP) is 2.17. The number of aromatic nitrogens is 2. The number of sulfonamides is 1. The Morgan fingerprint density at radius 1 is 1.40 bits per heavy atom. The zero-order chi connectivity index (χ0) is 21.7. The number of pyridine rings is 1. The van der Waals surface area contributed by atoms with Crippen LogP contribution in [0.4, 0.5) is 5.82 Å². The van der Waals surface area contributed by atoms with E-state index in [0.717, 1.165) is 43.3 Å². The molecule has 0 aliphatic carbocycles. The van der Waals surface area contributed by atoms with Gasteiger partial charge < -0.3 is 9.32 Å². The quantitative estimate of drug-likeness (QED) is 0.641. The number of anilines is 1. The maximum Gasteiger partial charge on any atom is 0.242 e. The second-order valence-corrected chi connectivity index (χ2v) is 9.38. The van der Waals surface area contributed by atoms with E-state index in [1.807, 2.05) is 6.92 Å². The second kappa shape index (κ2) is 9.60. The summed E-state index contributed by atoms with van der Waals surface area (Å²) in [5, 5.41) is 0. The van der Waals surface area contributed by atoms with E-state index >= 15 is 0 Å². The highest BCUT2D eigenvalue weighted by Crippen LogP contribution is 2.23. The summed E-state index contributed by atoms with van der Waals surface area (Å²) in [6, 6.07) is 3.49. The first-order chi connectivity index (χ1) is 14.3. The fraction of sp³-hybridized carbons (Fsp3) is 0.524.